The van der Waals surface area contributed by atoms with Gasteiger partial charge in [0, 0.05) is 51.3 Å². The van der Waals surface area contributed by atoms with Gasteiger partial charge in [0.15, 0.2) is 0 Å². The van der Waals surface area contributed by atoms with Gasteiger partial charge in [-0.15, -0.1) is 0 Å². The highest BCUT2D eigenvalue weighted by Crippen LogP contribution is 2.22. The molecule has 27 heavy (non-hydrogen) atoms. The molecule has 3 heterocycles. The Labute approximate surface area is 157 Å². The number of benzene rings is 1. The summed E-state index contributed by atoms with van der Waals surface area (Å²) in [6.07, 6.45) is 5.30. The molecule has 1 saturated heterocycles. The van der Waals surface area contributed by atoms with Crippen LogP contribution < -0.4 is 15.1 Å². The fraction of sp³-hybridized carbons (Fsp3) is 0.250. The van der Waals surface area contributed by atoms with Crippen molar-refractivity contribution < 1.29 is 4.39 Å². The van der Waals surface area contributed by atoms with Crippen molar-refractivity contribution in [2.75, 3.05) is 41.3 Å². The van der Waals surface area contributed by atoms with Crippen molar-refractivity contribution in [2.24, 2.45) is 0 Å². The van der Waals surface area contributed by atoms with Crippen molar-refractivity contribution in [2.45, 2.75) is 6.54 Å². The Morgan fingerprint density at radius 3 is 2.41 bits per heavy atom. The number of aromatic nitrogens is 3. The maximum atomic E-state index is 14.0. The Bertz CT molecular complexity index is 880. The van der Waals surface area contributed by atoms with Crippen LogP contribution in [0.5, 0.6) is 0 Å². The smallest absolute Gasteiger partial charge is 0.224 e. The molecule has 1 aliphatic heterocycles. The Morgan fingerprint density at radius 2 is 1.63 bits per heavy atom. The molecule has 1 N–H and O–H groups in total. The highest BCUT2D eigenvalue weighted by Gasteiger charge is 2.20. The lowest BCUT2D eigenvalue weighted by Gasteiger charge is -2.36. The van der Waals surface area contributed by atoms with Crippen molar-refractivity contribution >= 4 is 17.5 Å². The Kier molecular flexibility index (Phi) is 5.09. The zero-order chi connectivity index (χ0) is 18.5. The minimum atomic E-state index is -0.171. The van der Waals surface area contributed by atoms with E-state index in [0.29, 0.717) is 18.2 Å². The predicted octanol–water partition coefficient (Wildman–Crippen LogP) is 2.95. The van der Waals surface area contributed by atoms with Gasteiger partial charge in [-0.2, -0.15) is 4.98 Å². The first kappa shape index (κ1) is 17.2. The monoisotopic (exact) mass is 364 g/mol. The molecule has 0 bridgehead atoms. The number of piperazine rings is 1. The number of halogens is 1. The molecule has 3 aromatic rings. The second-order valence-corrected chi connectivity index (χ2v) is 6.37. The highest BCUT2D eigenvalue weighted by atomic mass is 19.1. The van der Waals surface area contributed by atoms with E-state index >= 15 is 0 Å². The maximum Gasteiger partial charge on any atom is 0.224 e. The van der Waals surface area contributed by atoms with Crippen LogP contribution in [0, 0.1) is 5.82 Å². The molecular formula is C20H21FN6. The van der Waals surface area contributed by atoms with Crippen LogP contribution in [0.2, 0.25) is 0 Å². The van der Waals surface area contributed by atoms with Gasteiger partial charge >= 0.3 is 0 Å². The average molecular weight is 364 g/mol. The fourth-order valence-electron chi connectivity index (χ4n) is 3.18. The first-order valence-corrected chi connectivity index (χ1v) is 9.00. The summed E-state index contributed by atoms with van der Waals surface area (Å²) in [7, 11) is 0. The molecule has 0 unspecified atom stereocenters. The Balaban J connectivity index is 1.38. The summed E-state index contributed by atoms with van der Waals surface area (Å²) in [5, 5.41) is 3.25. The van der Waals surface area contributed by atoms with Crippen LogP contribution in [0.3, 0.4) is 0 Å². The third-order valence-electron chi connectivity index (χ3n) is 4.64. The van der Waals surface area contributed by atoms with Gasteiger partial charge < -0.3 is 15.1 Å². The van der Waals surface area contributed by atoms with E-state index in [2.05, 4.69) is 30.1 Å². The molecule has 0 atom stereocenters. The second kappa shape index (κ2) is 7.99. The predicted molar refractivity (Wildman–Crippen MR) is 104 cm³/mol. The highest BCUT2D eigenvalue weighted by molar-refractivity contribution is 5.51. The summed E-state index contributed by atoms with van der Waals surface area (Å²) in [4.78, 5) is 17.2. The summed E-state index contributed by atoms with van der Waals surface area (Å²) in [6, 6.07) is 12.8. The molecule has 1 fully saturated rings. The number of anilines is 3. The van der Waals surface area contributed by atoms with Gasteiger partial charge in [-0.3, -0.25) is 4.98 Å². The SMILES string of the molecule is Fc1ccccc1N1CCN(c2ccnc(NCc3ccncc3)n2)CC1. The third kappa shape index (κ3) is 4.13. The summed E-state index contributed by atoms with van der Waals surface area (Å²) in [5.41, 5.74) is 1.79. The van der Waals surface area contributed by atoms with Crippen molar-refractivity contribution in [3.8, 4) is 0 Å². The lowest BCUT2D eigenvalue weighted by Crippen LogP contribution is -2.47. The molecule has 1 aromatic carbocycles. The van der Waals surface area contributed by atoms with Gasteiger partial charge in [0.2, 0.25) is 5.95 Å². The number of hydrogen-bond acceptors (Lipinski definition) is 6. The zero-order valence-electron chi connectivity index (χ0n) is 14.9. The maximum absolute atomic E-state index is 14.0. The van der Waals surface area contributed by atoms with Gasteiger partial charge in [0.25, 0.3) is 0 Å². The largest absolute Gasteiger partial charge is 0.366 e. The van der Waals surface area contributed by atoms with E-state index in [-0.39, 0.29) is 5.82 Å². The molecule has 2 aromatic heterocycles. The number of nitrogens with one attached hydrogen (secondary N) is 1. The van der Waals surface area contributed by atoms with E-state index in [1.807, 2.05) is 30.3 Å². The fourth-order valence-corrected chi connectivity index (χ4v) is 3.18. The van der Waals surface area contributed by atoms with E-state index in [9.17, 15) is 4.39 Å². The van der Waals surface area contributed by atoms with Crippen molar-refractivity contribution in [1.29, 1.82) is 0 Å². The van der Waals surface area contributed by atoms with E-state index < -0.39 is 0 Å². The van der Waals surface area contributed by atoms with Crippen LogP contribution in [0.4, 0.5) is 21.8 Å². The molecule has 138 valence electrons. The zero-order valence-corrected chi connectivity index (χ0v) is 14.9. The summed E-state index contributed by atoms with van der Waals surface area (Å²) in [5.74, 6) is 1.31. The topological polar surface area (TPSA) is 57.2 Å². The van der Waals surface area contributed by atoms with Crippen LogP contribution in [-0.4, -0.2) is 41.1 Å². The van der Waals surface area contributed by atoms with Crippen molar-refractivity contribution in [1.82, 2.24) is 15.0 Å². The molecule has 0 aliphatic carbocycles. The number of para-hydroxylation sites is 1. The van der Waals surface area contributed by atoms with E-state index in [1.54, 1.807) is 24.7 Å². The van der Waals surface area contributed by atoms with Gasteiger partial charge in [-0.1, -0.05) is 12.1 Å². The minimum absolute atomic E-state index is 0.171. The third-order valence-corrected chi connectivity index (χ3v) is 4.64. The van der Waals surface area contributed by atoms with Crippen LogP contribution in [0.15, 0.2) is 61.1 Å². The average Bonchev–Trinajstić information content (AvgIpc) is 2.74. The molecule has 6 nitrogen and oxygen atoms in total. The number of rotatable bonds is 5. The second-order valence-electron chi connectivity index (χ2n) is 6.37. The van der Waals surface area contributed by atoms with Crippen LogP contribution in [0.1, 0.15) is 5.56 Å². The Hall–Kier alpha value is -3.22. The minimum Gasteiger partial charge on any atom is -0.366 e. The van der Waals surface area contributed by atoms with E-state index in [1.165, 1.54) is 6.07 Å². The molecule has 7 heteroatoms. The molecule has 0 spiro atoms. The standard InChI is InChI=1S/C20H21FN6/c21-17-3-1-2-4-18(17)26-11-13-27(14-12-26)19-7-10-23-20(25-19)24-15-16-5-8-22-9-6-16/h1-10H,11-15H2,(H,23,24,25). The van der Waals surface area contributed by atoms with Crippen LogP contribution >= 0.6 is 0 Å². The van der Waals surface area contributed by atoms with E-state index in [4.69, 9.17) is 0 Å². The first-order valence-electron chi connectivity index (χ1n) is 9.00. The normalized spacial score (nSPS) is 14.3. The van der Waals surface area contributed by atoms with E-state index in [0.717, 1.165) is 37.6 Å². The van der Waals surface area contributed by atoms with Gasteiger partial charge in [0.1, 0.15) is 11.6 Å². The summed E-state index contributed by atoms with van der Waals surface area (Å²) < 4.78 is 14.0. The Morgan fingerprint density at radius 1 is 0.889 bits per heavy atom. The number of nitrogens with zero attached hydrogens (tertiary/aromatic N) is 5. The molecule has 0 radical (unpaired) electrons. The molecule has 0 amide bonds. The first-order chi connectivity index (χ1) is 13.3. The van der Waals surface area contributed by atoms with Gasteiger partial charge in [0.05, 0.1) is 5.69 Å². The summed E-state index contributed by atoms with van der Waals surface area (Å²) in [6.45, 7) is 3.73. The van der Waals surface area contributed by atoms with Gasteiger partial charge in [-0.05, 0) is 35.9 Å². The number of hydrogen-bond donors (Lipinski definition) is 1. The van der Waals surface area contributed by atoms with Crippen molar-refractivity contribution in [3.63, 3.8) is 0 Å². The molecule has 4 rings (SSSR count). The molecule has 0 saturated carbocycles. The molecular weight excluding hydrogens is 343 g/mol. The van der Waals surface area contributed by atoms with Gasteiger partial charge in [-0.25, -0.2) is 9.37 Å². The quantitative estimate of drug-likeness (QED) is 0.751. The molecule has 1 aliphatic rings. The van der Waals surface area contributed by atoms with Crippen LogP contribution in [-0.2, 0) is 6.54 Å². The summed E-state index contributed by atoms with van der Waals surface area (Å²) >= 11 is 0. The lowest BCUT2D eigenvalue weighted by atomic mass is 10.2. The lowest BCUT2D eigenvalue weighted by molar-refractivity contribution is 0.596. The van der Waals surface area contributed by atoms with Crippen molar-refractivity contribution in [3.05, 3.63) is 72.4 Å². The number of pyridine rings is 1. The van der Waals surface area contributed by atoms with Crippen LogP contribution in [0.25, 0.3) is 0 Å².